The second-order valence-electron chi connectivity index (χ2n) is 5.28. The van der Waals surface area contributed by atoms with Crippen molar-refractivity contribution >= 4 is 31.5 Å². The number of carbonyl (C=O) groups is 1. The molecule has 2 N–H and O–H groups in total. The molecule has 0 saturated heterocycles. The van der Waals surface area contributed by atoms with E-state index in [-0.39, 0.29) is 5.56 Å². The van der Waals surface area contributed by atoms with Crippen molar-refractivity contribution in [3.05, 3.63) is 53.8 Å². The molecule has 0 aliphatic carbocycles. The van der Waals surface area contributed by atoms with Gasteiger partial charge in [-0.2, -0.15) is 0 Å². The molecule has 8 nitrogen and oxygen atoms in total. The maximum absolute atomic E-state index is 14.2. The Hall–Kier alpha value is -2.50. The molecule has 0 aromatic heterocycles. The number of methoxy groups -OCH3 is 1. The van der Waals surface area contributed by atoms with Gasteiger partial charge >= 0.3 is 5.97 Å². The fourth-order valence-electron chi connectivity index (χ4n) is 2.19. The van der Waals surface area contributed by atoms with E-state index in [1.54, 1.807) is 0 Å². The van der Waals surface area contributed by atoms with Gasteiger partial charge < -0.3 is 9.84 Å². The molecule has 0 saturated carbocycles. The summed E-state index contributed by atoms with van der Waals surface area (Å²) >= 11 is 0. The number of rotatable bonds is 7. The van der Waals surface area contributed by atoms with Crippen molar-refractivity contribution in [2.75, 3.05) is 24.2 Å². The molecular weight excluding hydrogens is 401 g/mol. The molecule has 0 fully saturated rings. The van der Waals surface area contributed by atoms with Crippen molar-refractivity contribution in [1.29, 1.82) is 0 Å². The number of aliphatic hydroxyl groups excluding tert-OH is 1. The Morgan fingerprint density at radius 2 is 1.81 bits per heavy atom. The lowest BCUT2D eigenvalue weighted by Crippen LogP contribution is -2.18. The van der Waals surface area contributed by atoms with Gasteiger partial charge in [-0.3, -0.25) is 4.72 Å². The average Bonchev–Trinajstić information content (AvgIpc) is 2.62. The summed E-state index contributed by atoms with van der Waals surface area (Å²) in [6.45, 7) is -0.636. The van der Waals surface area contributed by atoms with Crippen LogP contribution >= 0.6 is 0 Å². The highest BCUT2D eigenvalue weighted by Gasteiger charge is 2.24. The SMILES string of the molecule is COC(=O)c1ccccc1S(=O)(=O)Nc1ccc(S(=O)(=O)CCO)cc1F. The third-order valence-corrected chi connectivity index (χ3v) is 6.60. The fraction of sp³-hybridized carbons (Fsp3) is 0.188. The standard InChI is InChI=1S/C16H16FNO7S2/c1-25-16(20)12-4-2-3-5-15(12)27(23,24)18-14-7-6-11(10-13(14)17)26(21,22)9-8-19/h2-7,10,18-19H,8-9H2,1H3. The van der Waals surface area contributed by atoms with Gasteiger partial charge in [0.25, 0.3) is 10.0 Å². The lowest BCUT2D eigenvalue weighted by Gasteiger charge is -2.12. The number of halogens is 1. The number of nitrogens with one attached hydrogen (secondary N) is 1. The summed E-state index contributed by atoms with van der Waals surface area (Å²) in [6.07, 6.45) is 0. The van der Waals surface area contributed by atoms with Crippen molar-refractivity contribution < 1.29 is 35.9 Å². The van der Waals surface area contributed by atoms with Gasteiger partial charge in [0.2, 0.25) is 0 Å². The van der Waals surface area contributed by atoms with Gasteiger partial charge in [0.15, 0.2) is 9.84 Å². The van der Waals surface area contributed by atoms with Gasteiger partial charge in [0, 0.05) is 0 Å². The van der Waals surface area contributed by atoms with E-state index in [9.17, 15) is 26.0 Å². The van der Waals surface area contributed by atoms with Gasteiger partial charge in [-0.15, -0.1) is 0 Å². The second kappa shape index (κ2) is 8.03. The molecule has 0 bridgehead atoms. The van der Waals surface area contributed by atoms with E-state index in [4.69, 9.17) is 5.11 Å². The smallest absolute Gasteiger partial charge is 0.339 e. The van der Waals surface area contributed by atoms with Crippen LogP contribution in [-0.2, 0) is 24.6 Å². The van der Waals surface area contributed by atoms with E-state index in [2.05, 4.69) is 4.74 Å². The third kappa shape index (κ3) is 4.62. The average molecular weight is 417 g/mol. The van der Waals surface area contributed by atoms with Gasteiger partial charge in [-0.1, -0.05) is 12.1 Å². The van der Waals surface area contributed by atoms with Gasteiger partial charge in [0.1, 0.15) is 10.7 Å². The van der Waals surface area contributed by atoms with E-state index in [1.807, 2.05) is 4.72 Å². The number of esters is 1. The van der Waals surface area contributed by atoms with Crippen molar-refractivity contribution in [2.45, 2.75) is 9.79 Å². The molecule has 146 valence electrons. The number of ether oxygens (including phenoxy) is 1. The van der Waals surface area contributed by atoms with Gasteiger partial charge in [-0.05, 0) is 30.3 Å². The Balaban J connectivity index is 2.41. The van der Waals surface area contributed by atoms with Crippen LogP contribution in [0.25, 0.3) is 0 Å². The van der Waals surface area contributed by atoms with Crippen LogP contribution in [0.15, 0.2) is 52.3 Å². The molecule has 2 rings (SSSR count). The summed E-state index contributed by atoms with van der Waals surface area (Å²) in [7, 11) is -7.17. The first-order chi connectivity index (χ1) is 12.6. The first kappa shape index (κ1) is 20.8. The molecule has 0 heterocycles. The molecule has 0 amide bonds. The van der Waals surface area contributed by atoms with Crippen LogP contribution in [0.2, 0.25) is 0 Å². The number of aliphatic hydroxyl groups is 1. The third-order valence-electron chi connectivity index (χ3n) is 3.49. The highest BCUT2D eigenvalue weighted by atomic mass is 32.2. The molecular formula is C16H16FNO7S2. The summed E-state index contributed by atoms with van der Waals surface area (Å²) < 4.78 is 69.5. The lowest BCUT2D eigenvalue weighted by atomic mass is 10.2. The highest BCUT2D eigenvalue weighted by molar-refractivity contribution is 7.92. The molecule has 27 heavy (non-hydrogen) atoms. The summed E-state index contributed by atoms with van der Waals surface area (Å²) in [4.78, 5) is 10.9. The van der Waals surface area contributed by atoms with E-state index < -0.39 is 59.5 Å². The van der Waals surface area contributed by atoms with Gasteiger partial charge in [0.05, 0.1) is 35.6 Å². The van der Waals surface area contributed by atoms with Crippen LogP contribution in [0.3, 0.4) is 0 Å². The number of hydrogen-bond acceptors (Lipinski definition) is 7. The second-order valence-corrected chi connectivity index (χ2v) is 9.04. The number of hydrogen-bond donors (Lipinski definition) is 2. The largest absolute Gasteiger partial charge is 0.465 e. The molecule has 2 aromatic rings. The topological polar surface area (TPSA) is 127 Å². The minimum atomic E-state index is -4.36. The molecule has 0 aliphatic rings. The zero-order valence-corrected chi connectivity index (χ0v) is 15.7. The zero-order chi connectivity index (χ0) is 20.2. The molecule has 0 atom stereocenters. The molecule has 0 aliphatic heterocycles. The normalized spacial score (nSPS) is 11.8. The molecule has 0 radical (unpaired) electrons. The van der Waals surface area contributed by atoms with E-state index in [0.29, 0.717) is 6.07 Å². The number of sulfonamides is 1. The van der Waals surface area contributed by atoms with Crippen LogP contribution in [0.1, 0.15) is 10.4 Å². The van der Waals surface area contributed by atoms with Crippen LogP contribution in [0.4, 0.5) is 10.1 Å². The number of anilines is 1. The van der Waals surface area contributed by atoms with Crippen molar-refractivity contribution in [3.8, 4) is 0 Å². The van der Waals surface area contributed by atoms with Crippen molar-refractivity contribution in [3.63, 3.8) is 0 Å². The van der Waals surface area contributed by atoms with Crippen LogP contribution < -0.4 is 4.72 Å². The Morgan fingerprint density at radius 1 is 1.15 bits per heavy atom. The molecule has 2 aromatic carbocycles. The predicted molar refractivity (Wildman–Crippen MR) is 94.1 cm³/mol. The lowest BCUT2D eigenvalue weighted by molar-refractivity contribution is 0.0596. The predicted octanol–water partition coefficient (Wildman–Crippen LogP) is 1.18. The summed E-state index contributed by atoms with van der Waals surface area (Å²) in [5.74, 6) is -2.61. The monoisotopic (exact) mass is 417 g/mol. The highest BCUT2D eigenvalue weighted by Crippen LogP contribution is 2.24. The minimum absolute atomic E-state index is 0.241. The summed E-state index contributed by atoms with van der Waals surface area (Å²) in [5, 5.41) is 8.75. The zero-order valence-electron chi connectivity index (χ0n) is 14.0. The van der Waals surface area contributed by atoms with E-state index >= 15 is 0 Å². The number of carbonyl (C=O) groups excluding carboxylic acids is 1. The first-order valence-electron chi connectivity index (χ1n) is 7.45. The minimum Gasteiger partial charge on any atom is -0.465 e. The Kier molecular flexibility index (Phi) is 6.19. The van der Waals surface area contributed by atoms with Crippen molar-refractivity contribution in [1.82, 2.24) is 0 Å². The summed E-state index contributed by atoms with van der Waals surface area (Å²) in [6, 6.07) is 7.80. The molecule has 0 spiro atoms. The molecule has 0 unspecified atom stereocenters. The maximum Gasteiger partial charge on any atom is 0.339 e. The number of benzene rings is 2. The van der Waals surface area contributed by atoms with E-state index in [0.717, 1.165) is 25.3 Å². The fourth-order valence-corrected chi connectivity index (χ4v) is 4.49. The van der Waals surface area contributed by atoms with Crippen LogP contribution in [-0.4, -0.2) is 47.4 Å². The Bertz CT molecular complexity index is 1070. The van der Waals surface area contributed by atoms with Crippen LogP contribution in [0.5, 0.6) is 0 Å². The Labute approximate surface area is 155 Å². The van der Waals surface area contributed by atoms with Crippen molar-refractivity contribution in [2.24, 2.45) is 0 Å². The Morgan fingerprint density at radius 3 is 2.41 bits per heavy atom. The maximum atomic E-state index is 14.2. The van der Waals surface area contributed by atoms with Crippen LogP contribution in [0, 0.1) is 5.82 Å². The first-order valence-corrected chi connectivity index (χ1v) is 10.6. The summed E-state index contributed by atoms with van der Waals surface area (Å²) in [5.41, 5.74) is -0.743. The van der Waals surface area contributed by atoms with E-state index in [1.165, 1.54) is 18.2 Å². The quantitative estimate of drug-likeness (QED) is 0.648. The number of sulfone groups is 1. The van der Waals surface area contributed by atoms with Gasteiger partial charge in [-0.25, -0.2) is 26.0 Å². The molecule has 11 heteroatoms.